The van der Waals surface area contributed by atoms with Crippen LogP contribution in [0.25, 0.3) is 11.0 Å². The highest BCUT2D eigenvalue weighted by Gasteiger charge is 2.37. The summed E-state index contributed by atoms with van der Waals surface area (Å²) in [6.45, 7) is 3.77. The van der Waals surface area contributed by atoms with Gasteiger partial charge in [-0.15, -0.1) is 0 Å². The van der Waals surface area contributed by atoms with Crippen LogP contribution in [0.15, 0.2) is 18.2 Å². The lowest BCUT2D eigenvalue weighted by molar-refractivity contribution is -0.146. The predicted octanol–water partition coefficient (Wildman–Crippen LogP) is 3.38. The quantitative estimate of drug-likeness (QED) is 0.731. The molecule has 0 aliphatic rings. The molecule has 0 fully saturated rings. The number of fused-ring (bicyclic) bond motifs is 1. The fourth-order valence-electron chi connectivity index (χ4n) is 1.78. The zero-order chi connectivity index (χ0) is 11.9. The Hall–Kier alpha value is -1.52. The number of aryl methyl sites for hydroxylation is 2. The van der Waals surface area contributed by atoms with Crippen molar-refractivity contribution >= 4 is 11.0 Å². The van der Waals surface area contributed by atoms with E-state index in [9.17, 15) is 13.2 Å². The summed E-state index contributed by atoms with van der Waals surface area (Å²) in [7, 11) is 0. The highest BCUT2D eigenvalue weighted by atomic mass is 19.4. The van der Waals surface area contributed by atoms with E-state index in [4.69, 9.17) is 0 Å². The van der Waals surface area contributed by atoms with E-state index in [1.807, 2.05) is 6.92 Å². The maximum atomic E-state index is 12.7. The van der Waals surface area contributed by atoms with Gasteiger partial charge >= 0.3 is 6.18 Å². The standard InChI is InChI=1S/C11H11F3N2/c1-3-16-9-5-4-7(2)6-8(9)15-10(16)11(12,13)14/h4-6H,3H2,1-2H3. The van der Waals surface area contributed by atoms with Crippen LogP contribution in [0, 0.1) is 6.92 Å². The Morgan fingerprint density at radius 3 is 2.56 bits per heavy atom. The second kappa shape index (κ2) is 3.50. The molecule has 0 atom stereocenters. The molecule has 0 radical (unpaired) electrons. The maximum Gasteiger partial charge on any atom is 0.449 e. The minimum absolute atomic E-state index is 0.258. The van der Waals surface area contributed by atoms with Crippen molar-refractivity contribution in [2.24, 2.45) is 0 Å². The summed E-state index contributed by atoms with van der Waals surface area (Å²) >= 11 is 0. The molecule has 1 heterocycles. The third-order valence-electron chi connectivity index (χ3n) is 2.47. The molecule has 0 amide bonds. The highest BCUT2D eigenvalue weighted by Crippen LogP contribution is 2.31. The van der Waals surface area contributed by atoms with E-state index in [1.165, 1.54) is 4.57 Å². The van der Waals surface area contributed by atoms with Crippen LogP contribution in [0.1, 0.15) is 18.3 Å². The van der Waals surface area contributed by atoms with Gasteiger partial charge in [-0.2, -0.15) is 13.2 Å². The van der Waals surface area contributed by atoms with Crippen molar-refractivity contribution in [3.05, 3.63) is 29.6 Å². The first-order valence-electron chi connectivity index (χ1n) is 4.97. The second-order valence-corrected chi connectivity index (χ2v) is 3.67. The zero-order valence-electron chi connectivity index (χ0n) is 8.97. The smallest absolute Gasteiger partial charge is 0.321 e. The summed E-state index contributed by atoms with van der Waals surface area (Å²) in [6, 6.07) is 5.13. The van der Waals surface area contributed by atoms with Crippen molar-refractivity contribution < 1.29 is 13.2 Å². The monoisotopic (exact) mass is 228 g/mol. The molecule has 1 aromatic heterocycles. The Morgan fingerprint density at radius 2 is 2.00 bits per heavy atom. The molecular formula is C11H11F3N2. The number of rotatable bonds is 1. The molecule has 86 valence electrons. The third-order valence-corrected chi connectivity index (χ3v) is 2.47. The fourth-order valence-corrected chi connectivity index (χ4v) is 1.78. The lowest BCUT2D eigenvalue weighted by atomic mass is 10.2. The number of imidazole rings is 1. The van der Waals surface area contributed by atoms with Crippen LogP contribution >= 0.6 is 0 Å². The van der Waals surface area contributed by atoms with Gasteiger partial charge in [-0.25, -0.2) is 4.98 Å². The van der Waals surface area contributed by atoms with Gasteiger partial charge in [0.1, 0.15) is 0 Å². The molecular weight excluding hydrogens is 217 g/mol. The van der Waals surface area contributed by atoms with E-state index >= 15 is 0 Å². The molecule has 0 N–H and O–H groups in total. The van der Waals surface area contributed by atoms with Gasteiger partial charge < -0.3 is 4.57 Å². The van der Waals surface area contributed by atoms with Crippen LogP contribution in [-0.2, 0) is 12.7 Å². The van der Waals surface area contributed by atoms with E-state index in [2.05, 4.69) is 4.98 Å². The van der Waals surface area contributed by atoms with Crippen LogP contribution in [-0.4, -0.2) is 9.55 Å². The first kappa shape index (κ1) is 11.0. The molecule has 5 heteroatoms. The zero-order valence-corrected chi connectivity index (χ0v) is 8.97. The molecule has 2 aromatic rings. The number of hydrogen-bond acceptors (Lipinski definition) is 1. The predicted molar refractivity (Wildman–Crippen MR) is 55.1 cm³/mol. The number of nitrogens with zero attached hydrogens (tertiary/aromatic N) is 2. The van der Waals surface area contributed by atoms with Gasteiger partial charge in [-0.05, 0) is 31.5 Å². The number of alkyl halides is 3. The molecule has 2 rings (SSSR count). The van der Waals surface area contributed by atoms with Gasteiger partial charge in [0.25, 0.3) is 0 Å². The molecule has 0 unspecified atom stereocenters. The summed E-state index contributed by atoms with van der Waals surface area (Å²) in [5.41, 5.74) is 1.83. The van der Waals surface area contributed by atoms with E-state index in [1.54, 1.807) is 25.1 Å². The van der Waals surface area contributed by atoms with E-state index in [-0.39, 0.29) is 6.54 Å². The minimum atomic E-state index is -4.40. The molecule has 0 aliphatic carbocycles. The van der Waals surface area contributed by atoms with Crippen molar-refractivity contribution in [1.29, 1.82) is 0 Å². The molecule has 0 spiro atoms. The molecule has 2 nitrogen and oxygen atoms in total. The minimum Gasteiger partial charge on any atom is -0.321 e. The average Bonchev–Trinajstić information content (AvgIpc) is 2.54. The van der Waals surface area contributed by atoms with Gasteiger partial charge in [0.05, 0.1) is 11.0 Å². The van der Waals surface area contributed by atoms with Crippen molar-refractivity contribution in [3.63, 3.8) is 0 Å². The molecule has 16 heavy (non-hydrogen) atoms. The topological polar surface area (TPSA) is 17.8 Å². The molecule has 0 saturated heterocycles. The van der Waals surface area contributed by atoms with Gasteiger partial charge in [-0.1, -0.05) is 6.07 Å². The van der Waals surface area contributed by atoms with E-state index in [0.717, 1.165) is 5.56 Å². The van der Waals surface area contributed by atoms with E-state index < -0.39 is 12.0 Å². The van der Waals surface area contributed by atoms with Crippen LogP contribution in [0.3, 0.4) is 0 Å². The Balaban J connectivity index is 2.76. The van der Waals surface area contributed by atoms with Crippen molar-refractivity contribution in [2.75, 3.05) is 0 Å². The van der Waals surface area contributed by atoms with Crippen LogP contribution in [0.5, 0.6) is 0 Å². The molecule has 0 bridgehead atoms. The first-order chi connectivity index (χ1) is 7.43. The average molecular weight is 228 g/mol. The van der Waals surface area contributed by atoms with Gasteiger partial charge in [0.15, 0.2) is 0 Å². The number of aromatic nitrogens is 2. The number of hydrogen-bond donors (Lipinski definition) is 0. The molecule has 0 aliphatic heterocycles. The van der Waals surface area contributed by atoms with Crippen molar-refractivity contribution in [1.82, 2.24) is 9.55 Å². The first-order valence-corrected chi connectivity index (χ1v) is 4.97. The number of benzene rings is 1. The van der Waals surface area contributed by atoms with Gasteiger partial charge in [-0.3, -0.25) is 0 Å². The Bertz CT molecular complexity index is 526. The summed E-state index contributed by atoms with van der Waals surface area (Å²) in [6.07, 6.45) is -4.40. The number of halogens is 3. The fraction of sp³-hybridized carbons (Fsp3) is 0.364. The summed E-state index contributed by atoms with van der Waals surface area (Å²) in [5.74, 6) is -0.824. The van der Waals surface area contributed by atoms with Crippen LogP contribution in [0.2, 0.25) is 0 Å². The van der Waals surface area contributed by atoms with Crippen LogP contribution in [0.4, 0.5) is 13.2 Å². The Kier molecular flexibility index (Phi) is 2.40. The maximum absolute atomic E-state index is 12.7. The largest absolute Gasteiger partial charge is 0.449 e. The SMILES string of the molecule is CCn1c(C(F)(F)F)nc2cc(C)ccc21. The lowest BCUT2D eigenvalue weighted by Gasteiger charge is -2.08. The molecule has 0 saturated carbocycles. The normalized spacial score (nSPS) is 12.3. The van der Waals surface area contributed by atoms with Gasteiger partial charge in [0, 0.05) is 6.54 Å². The lowest BCUT2D eigenvalue weighted by Crippen LogP contribution is -2.14. The highest BCUT2D eigenvalue weighted by molar-refractivity contribution is 5.77. The summed E-state index contributed by atoms with van der Waals surface area (Å²) < 4.78 is 39.3. The Morgan fingerprint density at radius 1 is 1.31 bits per heavy atom. The van der Waals surface area contributed by atoms with Crippen molar-refractivity contribution in [2.45, 2.75) is 26.6 Å². The van der Waals surface area contributed by atoms with E-state index in [0.29, 0.717) is 11.0 Å². The van der Waals surface area contributed by atoms with Crippen LogP contribution < -0.4 is 0 Å². The molecule has 1 aromatic carbocycles. The second-order valence-electron chi connectivity index (χ2n) is 3.67. The third kappa shape index (κ3) is 1.66. The summed E-state index contributed by atoms with van der Waals surface area (Å²) in [4.78, 5) is 3.65. The van der Waals surface area contributed by atoms with Crippen molar-refractivity contribution in [3.8, 4) is 0 Å². The Labute approximate surface area is 90.7 Å². The summed E-state index contributed by atoms with van der Waals surface area (Å²) in [5, 5.41) is 0. The van der Waals surface area contributed by atoms with Gasteiger partial charge in [0.2, 0.25) is 5.82 Å².